The zero-order valence-corrected chi connectivity index (χ0v) is 25.4. The second kappa shape index (κ2) is 13.7. The Bertz CT molecular complexity index is 1590. The van der Waals surface area contributed by atoms with Gasteiger partial charge >= 0.3 is 12.1 Å². The van der Waals surface area contributed by atoms with E-state index in [0.29, 0.717) is 48.1 Å². The lowest BCUT2D eigenvalue weighted by Gasteiger charge is -2.37. The van der Waals surface area contributed by atoms with Gasteiger partial charge < -0.3 is 23.7 Å². The van der Waals surface area contributed by atoms with Crippen molar-refractivity contribution in [3.63, 3.8) is 0 Å². The van der Waals surface area contributed by atoms with Crippen LogP contribution in [0.25, 0.3) is 11.5 Å². The third kappa shape index (κ3) is 7.05. The lowest BCUT2D eigenvalue weighted by atomic mass is 9.95. The Hall–Kier alpha value is -4.79. The number of carboxylic acids is 1. The minimum Gasteiger partial charge on any atom is -0.497 e. The van der Waals surface area contributed by atoms with Crippen molar-refractivity contribution in [3.8, 4) is 23.0 Å². The highest BCUT2D eigenvalue weighted by atomic mass is 16.6. The fourth-order valence-electron chi connectivity index (χ4n) is 5.63. The molecule has 0 saturated heterocycles. The molecule has 1 saturated carbocycles. The molecule has 3 aromatic carbocycles. The molecule has 44 heavy (non-hydrogen) atoms. The number of methoxy groups -OCH3 is 1. The van der Waals surface area contributed by atoms with Crippen LogP contribution in [-0.2, 0) is 29.2 Å². The molecule has 0 radical (unpaired) electrons. The van der Waals surface area contributed by atoms with Crippen LogP contribution in [0.4, 0.5) is 4.79 Å². The van der Waals surface area contributed by atoms with Gasteiger partial charge in [0.2, 0.25) is 5.89 Å². The highest BCUT2D eigenvalue weighted by Crippen LogP contribution is 2.36. The SMILES string of the molecule is COc1ccc(COC(=O)N(CCc2cccc(OCc3nc(-c4cccc(C)c4)oc3C)c2)C2(C(=O)O)CCCC2)cc1. The Balaban J connectivity index is 1.25. The van der Waals surface area contributed by atoms with E-state index < -0.39 is 17.6 Å². The van der Waals surface area contributed by atoms with Gasteiger partial charge in [-0.15, -0.1) is 0 Å². The standard InChI is InChI=1S/C35H38N2O7/c1-24-8-6-10-28(20-24)32-36-31(25(2)44-32)23-42-30-11-7-9-26(21-30)16-19-37(35(33(38)39)17-4-5-18-35)34(40)43-22-27-12-14-29(41-3)15-13-27/h6-15,20-21H,4-5,16-19,22-23H2,1-3H3,(H,38,39). The molecule has 0 spiro atoms. The summed E-state index contributed by atoms with van der Waals surface area (Å²) in [6.45, 7) is 4.35. The third-order valence-electron chi connectivity index (χ3n) is 8.14. The Morgan fingerprint density at radius 3 is 2.39 bits per heavy atom. The fourth-order valence-corrected chi connectivity index (χ4v) is 5.63. The number of amides is 1. The molecule has 1 aliphatic carbocycles. The Morgan fingerprint density at radius 1 is 0.932 bits per heavy atom. The van der Waals surface area contributed by atoms with Crippen LogP contribution in [0.15, 0.2) is 77.2 Å². The van der Waals surface area contributed by atoms with Crippen LogP contribution in [0.3, 0.4) is 0 Å². The molecule has 5 rings (SSSR count). The zero-order chi connectivity index (χ0) is 31.1. The smallest absolute Gasteiger partial charge is 0.411 e. The lowest BCUT2D eigenvalue weighted by Crippen LogP contribution is -2.56. The molecule has 9 heteroatoms. The van der Waals surface area contributed by atoms with E-state index in [9.17, 15) is 14.7 Å². The molecule has 1 aliphatic rings. The van der Waals surface area contributed by atoms with Crippen molar-refractivity contribution in [1.29, 1.82) is 0 Å². The number of ether oxygens (including phenoxy) is 3. The van der Waals surface area contributed by atoms with Crippen LogP contribution in [0, 0.1) is 13.8 Å². The quantitative estimate of drug-likeness (QED) is 0.183. The summed E-state index contributed by atoms with van der Waals surface area (Å²) in [5, 5.41) is 10.3. The molecule has 0 unspecified atom stereocenters. The van der Waals surface area contributed by atoms with Gasteiger partial charge in [-0.25, -0.2) is 14.6 Å². The summed E-state index contributed by atoms with van der Waals surface area (Å²) in [5.74, 6) is 1.59. The van der Waals surface area contributed by atoms with Crippen LogP contribution in [0.2, 0.25) is 0 Å². The van der Waals surface area contributed by atoms with E-state index >= 15 is 0 Å². The maximum absolute atomic E-state index is 13.4. The molecule has 0 atom stereocenters. The Labute approximate surface area is 257 Å². The molecule has 0 aliphatic heterocycles. The highest BCUT2D eigenvalue weighted by molar-refractivity contribution is 5.84. The molecule has 1 heterocycles. The van der Waals surface area contributed by atoms with E-state index in [0.717, 1.165) is 35.1 Å². The van der Waals surface area contributed by atoms with E-state index in [-0.39, 0.29) is 19.8 Å². The lowest BCUT2D eigenvalue weighted by molar-refractivity contribution is -0.150. The molecule has 4 aromatic rings. The summed E-state index contributed by atoms with van der Waals surface area (Å²) in [6.07, 6.45) is 2.07. The van der Waals surface area contributed by atoms with Crippen LogP contribution >= 0.6 is 0 Å². The van der Waals surface area contributed by atoms with E-state index in [1.807, 2.05) is 74.5 Å². The van der Waals surface area contributed by atoms with Crippen molar-refractivity contribution in [1.82, 2.24) is 9.88 Å². The van der Waals surface area contributed by atoms with Gasteiger partial charge in [0.05, 0.1) is 7.11 Å². The Morgan fingerprint density at radius 2 is 1.68 bits per heavy atom. The molecule has 0 bridgehead atoms. The topological polar surface area (TPSA) is 111 Å². The first-order chi connectivity index (χ1) is 21.3. The number of hydrogen-bond donors (Lipinski definition) is 1. The molecular weight excluding hydrogens is 560 g/mol. The first-order valence-electron chi connectivity index (χ1n) is 14.8. The van der Waals surface area contributed by atoms with Crippen molar-refractivity contribution >= 4 is 12.1 Å². The second-order valence-corrected chi connectivity index (χ2v) is 11.2. The summed E-state index contributed by atoms with van der Waals surface area (Å²) in [7, 11) is 1.58. The minimum atomic E-state index is -1.29. The average Bonchev–Trinajstić information content (AvgIpc) is 3.67. The maximum atomic E-state index is 13.4. The van der Waals surface area contributed by atoms with Crippen LogP contribution in [0.1, 0.15) is 53.8 Å². The fraction of sp³-hybridized carbons (Fsp3) is 0.343. The van der Waals surface area contributed by atoms with Gasteiger partial charge in [-0.2, -0.15) is 0 Å². The monoisotopic (exact) mass is 598 g/mol. The average molecular weight is 599 g/mol. The molecule has 9 nitrogen and oxygen atoms in total. The zero-order valence-electron chi connectivity index (χ0n) is 25.4. The number of benzene rings is 3. The number of carbonyl (C=O) groups excluding carboxylic acids is 1. The van der Waals surface area contributed by atoms with Crippen molar-refractivity contribution in [2.45, 2.75) is 64.7 Å². The molecule has 1 N–H and O–H groups in total. The summed E-state index contributed by atoms with van der Waals surface area (Å²) in [5.41, 5.74) is 3.15. The molecular formula is C35H38N2O7. The number of carboxylic acid groups (broad SMARTS) is 1. The number of aryl methyl sites for hydroxylation is 2. The summed E-state index contributed by atoms with van der Waals surface area (Å²) in [4.78, 5) is 32.0. The van der Waals surface area contributed by atoms with Crippen molar-refractivity contribution < 1.29 is 33.3 Å². The van der Waals surface area contributed by atoms with Gasteiger partial charge in [-0.1, -0.05) is 54.8 Å². The molecule has 1 fully saturated rings. The number of aromatic nitrogens is 1. The number of hydrogen-bond acceptors (Lipinski definition) is 7. The predicted octanol–water partition coefficient (Wildman–Crippen LogP) is 7.12. The van der Waals surface area contributed by atoms with Gasteiger partial charge in [0, 0.05) is 12.1 Å². The van der Waals surface area contributed by atoms with Crippen LogP contribution in [-0.4, -0.2) is 46.2 Å². The van der Waals surface area contributed by atoms with Gasteiger partial charge in [0.25, 0.3) is 0 Å². The number of carbonyl (C=O) groups is 2. The maximum Gasteiger partial charge on any atom is 0.411 e. The van der Waals surface area contributed by atoms with E-state index in [4.69, 9.17) is 18.6 Å². The predicted molar refractivity (Wildman–Crippen MR) is 165 cm³/mol. The first kappa shape index (κ1) is 30.7. The van der Waals surface area contributed by atoms with Gasteiger partial charge in [0.15, 0.2) is 0 Å². The van der Waals surface area contributed by atoms with Crippen molar-refractivity contribution in [2.75, 3.05) is 13.7 Å². The molecule has 230 valence electrons. The molecule has 1 aromatic heterocycles. The van der Waals surface area contributed by atoms with Gasteiger partial charge in [0.1, 0.15) is 41.7 Å². The number of oxazole rings is 1. The highest BCUT2D eigenvalue weighted by Gasteiger charge is 2.49. The van der Waals surface area contributed by atoms with Crippen molar-refractivity contribution in [3.05, 3.63) is 101 Å². The second-order valence-electron chi connectivity index (χ2n) is 11.2. The van der Waals surface area contributed by atoms with Gasteiger partial charge in [-0.05, 0) is 80.6 Å². The van der Waals surface area contributed by atoms with Gasteiger partial charge in [-0.3, -0.25) is 4.90 Å². The number of rotatable bonds is 12. The summed E-state index contributed by atoms with van der Waals surface area (Å²) < 4.78 is 22.8. The first-order valence-corrected chi connectivity index (χ1v) is 14.8. The van der Waals surface area contributed by atoms with Crippen molar-refractivity contribution in [2.24, 2.45) is 0 Å². The van der Waals surface area contributed by atoms with E-state index in [1.54, 1.807) is 19.2 Å². The van der Waals surface area contributed by atoms with E-state index in [2.05, 4.69) is 4.98 Å². The van der Waals surface area contributed by atoms with E-state index in [1.165, 1.54) is 4.90 Å². The van der Waals surface area contributed by atoms with Crippen LogP contribution in [0.5, 0.6) is 11.5 Å². The largest absolute Gasteiger partial charge is 0.497 e. The molecule has 1 amide bonds. The normalized spacial score (nSPS) is 13.8. The summed E-state index contributed by atoms with van der Waals surface area (Å²) in [6, 6.07) is 22.8. The third-order valence-corrected chi connectivity index (χ3v) is 8.14. The Kier molecular flexibility index (Phi) is 9.53. The van der Waals surface area contributed by atoms with Crippen LogP contribution < -0.4 is 9.47 Å². The minimum absolute atomic E-state index is 0.0331. The number of nitrogens with zero attached hydrogens (tertiary/aromatic N) is 2. The summed E-state index contributed by atoms with van der Waals surface area (Å²) >= 11 is 0. The number of aliphatic carboxylic acids is 1.